The molecule has 1 aromatic heterocycles. The zero-order valence-electron chi connectivity index (χ0n) is 14.7. The summed E-state index contributed by atoms with van der Waals surface area (Å²) in [6, 6.07) is 12.3. The third-order valence-electron chi connectivity index (χ3n) is 4.20. The van der Waals surface area contributed by atoms with Gasteiger partial charge in [-0.3, -0.25) is 9.69 Å². The SMILES string of the molecule is C[C@H](c1nc2ccccc2s1)N(C)CC(=O)Nc1cccc(C(F)(F)F)c1. The number of alkyl halides is 3. The maximum atomic E-state index is 12.8. The summed E-state index contributed by atoms with van der Waals surface area (Å²) in [7, 11) is 1.78. The van der Waals surface area contributed by atoms with Gasteiger partial charge in [0.15, 0.2) is 0 Å². The quantitative estimate of drug-likeness (QED) is 0.667. The van der Waals surface area contributed by atoms with E-state index in [9.17, 15) is 18.0 Å². The number of hydrogen-bond acceptors (Lipinski definition) is 4. The van der Waals surface area contributed by atoms with Gasteiger partial charge in [0.2, 0.25) is 5.91 Å². The molecule has 1 atom stereocenters. The molecule has 142 valence electrons. The smallest absolute Gasteiger partial charge is 0.325 e. The summed E-state index contributed by atoms with van der Waals surface area (Å²) in [5.74, 6) is -0.384. The predicted octanol–water partition coefficient (Wildman–Crippen LogP) is 4.95. The highest BCUT2D eigenvalue weighted by Gasteiger charge is 2.30. The molecule has 0 fully saturated rings. The van der Waals surface area contributed by atoms with E-state index in [1.54, 1.807) is 23.3 Å². The fraction of sp³-hybridized carbons (Fsp3) is 0.263. The van der Waals surface area contributed by atoms with E-state index in [1.807, 2.05) is 31.2 Å². The second kappa shape index (κ2) is 7.66. The normalized spacial score (nSPS) is 13.1. The number of nitrogens with zero attached hydrogens (tertiary/aromatic N) is 2. The summed E-state index contributed by atoms with van der Waals surface area (Å²) in [6.07, 6.45) is -4.45. The largest absolute Gasteiger partial charge is 0.416 e. The van der Waals surface area contributed by atoms with Crippen LogP contribution in [0.3, 0.4) is 0 Å². The molecule has 8 heteroatoms. The first-order valence-corrected chi connectivity index (χ1v) is 9.08. The van der Waals surface area contributed by atoms with Gasteiger partial charge >= 0.3 is 6.18 Å². The molecule has 0 aliphatic carbocycles. The molecule has 0 saturated heterocycles. The summed E-state index contributed by atoms with van der Waals surface area (Å²) in [5.41, 5.74) is 0.235. The van der Waals surface area contributed by atoms with Crippen LogP contribution in [0.1, 0.15) is 23.5 Å². The number of halogens is 3. The number of para-hydroxylation sites is 1. The van der Waals surface area contributed by atoms with E-state index in [1.165, 1.54) is 12.1 Å². The number of anilines is 1. The average molecular weight is 393 g/mol. The van der Waals surface area contributed by atoms with E-state index >= 15 is 0 Å². The van der Waals surface area contributed by atoms with Crippen LogP contribution in [0.5, 0.6) is 0 Å². The Morgan fingerprint density at radius 3 is 2.67 bits per heavy atom. The highest BCUT2D eigenvalue weighted by Crippen LogP contribution is 2.31. The van der Waals surface area contributed by atoms with Crippen molar-refractivity contribution in [2.24, 2.45) is 0 Å². The minimum atomic E-state index is -4.45. The molecule has 0 aliphatic rings. The molecule has 1 amide bonds. The van der Waals surface area contributed by atoms with Crippen molar-refractivity contribution in [2.45, 2.75) is 19.1 Å². The van der Waals surface area contributed by atoms with Crippen molar-refractivity contribution in [3.8, 4) is 0 Å². The zero-order chi connectivity index (χ0) is 19.6. The summed E-state index contributed by atoms with van der Waals surface area (Å²) >= 11 is 1.56. The van der Waals surface area contributed by atoms with Crippen LogP contribution >= 0.6 is 11.3 Å². The molecule has 4 nitrogen and oxygen atoms in total. The molecule has 0 radical (unpaired) electrons. The van der Waals surface area contributed by atoms with Crippen molar-refractivity contribution in [1.82, 2.24) is 9.88 Å². The lowest BCUT2D eigenvalue weighted by molar-refractivity contribution is -0.137. The lowest BCUT2D eigenvalue weighted by Gasteiger charge is -2.22. The molecule has 2 aromatic carbocycles. The van der Waals surface area contributed by atoms with Crippen LogP contribution in [0.25, 0.3) is 10.2 Å². The van der Waals surface area contributed by atoms with Gasteiger partial charge in [-0.1, -0.05) is 18.2 Å². The minimum Gasteiger partial charge on any atom is -0.325 e. The van der Waals surface area contributed by atoms with Crippen LogP contribution in [-0.4, -0.2) is 29.4 Å². The van der Waals surface area contributed by atoms with Crippen LogP contribution in [-0.2, 0) is 11.0 Å². The van der Waals surface area contributed by atoms with E-state index in [-0.39, 0.29) is 24.2 Å². The number of carbonyl (C=O) groups is 1. The Kier molecular flexibility index (Phi) is 5.48. The van der Waals surface area contributed by atoms with Crippen molar-refractivity contribution >= 4 is 33.1 Å². The van der Waals surface area contributed by atoms with Gasteiger partial charge in [-0.25, -0.2) is 4.98 Å². The zero-order valence-corrected chi connectivity index (χ0v) is 15.6. The summed E-state index contributed by atoms with van der Waals surface area (Å²) in [4.78, 5) is 18.6. The first kappa shape index (κ1) is 19.3. The fourth-order valence-corrected chi connectivity index (χ4v) is 3.68. The number of amides is 1. The Morgan fingerprint density at radius 1 is 1.22 bits per heavy atom. The molecule has 0 spiro atoms. The highest BCUT2D eigenvalue weighted by molar-refractivity contribution is 7.18. The minimum absolute atomic E-state index is 0.0351. The van der Waals surface area contributed by atoms with Crippen molar-refractivity contribution in [3.05, 3.63) is 59.1 Å². The Morgan fingerprint density at radius 2 is 1.96 bits per heavy atom. The molecule has 0 bridgehead atoms. The van der Waals surface area contributed by atoms with Gasteiger partial charge < -0.3 is 5.32 Å². The fourth-order valence-electron chi connectivity index (χ4n) is 2.59. The lowest BCUT2D eigenvalue weighted by Crippen LogP contribution is -2.32. The summed E-state index contributed by atoms with van der Waals surface area (Å²) in [5, 5.41) is 3.40. The Bertz CT molecular complexity index is 922. The van der Waals surface area contributed by atoms with Crippen molar-refractivity contribution in [3.63, 3.8) is 0 Å². The van der Waals surface area contributed by atoms with Crippen molar-refractivity contribution in [2.75, 3.05) is 18.9 Å². The van der Waals surface area contributed by atoms with Gasteiger partial charge in [0, 0.05) is 5.69 Å². The topological polar surface area (TPSA) is 45.2 Å². The van der Waals surface area contributed by atoms with E-state index in [4.69, 9.17) is 0 Å². The number of hydrogen-bond donors (Lipinski definition) is 1. The maximum absolute atomic E-state index is 12.8. The van der Waals surface area contributed by atoms with Gasteiger partial charge in [0.1, 0.15) is 5.01 Å². The molecular formula is C19H18F3N3OS. The number of aromatic nitrogens is 1. The number of thiazole rings is 1. The van der Waals surface area contributed by atoms with Gasteiger partial charge in [0.05, 0.1) is 28.4 Å². The molecule has 1 heterocycles. The number of nitrogens with one attached hydrogen (secondary N) is 1. The second-order valence-corrected chi connectivity index (χ2v) is 7.30. The van der Waals surface area contributed by atoms with Crippen LogP contribution in [0.2, 0.25) is 0 Å². The number of benzene rings is 2. The third kappa shape index (κ3) is 4.64. The average Bonchev–Trinajstić information content (AvgIpc) is 3.04. The van der Waals surface area contributed by atoms with E-state index in [0.29, 0.717) is 0 Å². The van der Waals surface area contributed by atoms with Crippen LogP contribution in [0.4, 0.5) is 18.9 Å². The third-order valence-corrected chi connectivity index (χ3v) is 5.40. The van der Waals surface area contributed by atoms with Gasteiger partial charge in [-0.05, 0) is 44.3 Å². The predicted molar refractivity (Wildman–Crippen MR) is 101 cm³/mol. The molecule has 0 aliphatic heterocycles. The number of likely N-dealkylation sites (N-methyl/N-ethyl adjacent to an activating group) is 1. The summed E-state index contributed by atoms with van der Waals surface area (Å²) in [6.45, 7) is 1.97. The molecule has 3 rings (SSSR count). The number of carbonyl (C=O) groups excluding carboxylic acids is 1. The Labute approximate surface area is 158 Å². The first-order chi connectivity index (χ1) is 12.7. The Balaban J connectivity index is 1.65. The highest BCUT2D eigenvalue weighted by atomic mass is 32.1. The molecule has 0 unspecified atom stereocenters. The van der Waals surface area contributed by atoms with Gasteiger partial charge in [0.25, 0.3) is 0 Å². The van der Waals surface area contributed by atoms with Crippen LogP contribution in [0, 0.1) is 0 Å². The monoisotopic (exact) mass is 393 g/mol. The second-order valence-electron chi connectivity index (χ2n) is 6.24. The standard InChI is InChI=1S/C19H18F3N3OS/c1-12(18-24-15-8-3-4-9-16(15)27-18)25(2)11-17(26)23-14-7-5-6-13(10-14)19(20,21)22/h3-10,12H,11H2,1-2H3,(H,23,26)/t12-/m1/s1. The number of rotatable bonds is 5. The van der Waals surface area contributed by atoms with Gasteiger partial charge in [-0.2, -0.15) is 13.2 Å². The van der Waals surface area contributed by atoms with E-state index in [2.05, 4.69) is 10.3 Å². The summed E-state index contributed by atoms with van der Waals surface area (Å²) < 4.78 is 39.4. The van der Waals surface area contributed by atoms with Crippen LogP contribution in [0.15, 0.2) is 48.5 Å². The molecule has 3 aromatic rings. The molecule has 1 N–H and O–H groups in total. The first-order valence-electron chi connectivity index (χ1n) is 8.27. The van der Waals surface area contributed by atoms with Crippen molar-refractivity contribution < 1.29 is 18.0 Å². The van der Waals surface area contributed by atoms with E-state index < -0.39 is 11.7 Å². The Hall–Kier alpha value is -2.45. The molecular weight excluding hydrogens is 375 g/mol. The maximum Gasteiger partial charge on any atom is 0.416 e. The van der Waals surface area contributed by atoms with E-state index in [0.717, 1.165) is 27.4 Å². The molecule has 27 heavy (non-hydrogen) atoms. The molecule has 0 saturated carbocycles. The lowest BCUT2D eigenvalue weighted by atomic mass is 10.2. The number of fused-ring (bicyclic) bond motifs is 1. The van der Waals surface area contributed by atoms with Crippen LogP contribution < -0.4 is 5.32 Å². The van der Waals surface area contributed by atoms with Gasteiger partial charge in [-0.15, -0.1) is 11.3 Å². The van der Waals surface area contributed by atoms with Crippen molar-refractivity contribution in [1.29, 1.82) is 0 Å².